The van der Waals surface area contributed by atoms with Crippen molar-refractivity contribution >= 4 is 12.1 Å². The van der Waals surface area contributed by atoms with E-state index in [4.69, 9.17) is 9.47 Å². The van der Waals surface area contributed by atoms with Crippen molar-refractivity contribution < 1.29 is 19.1 Å². The Morgan fingerprint density at radius 2 is 1.95 bits per heavy atom. The molecule has 1 aromatic rings. The van der Waals surface area contributed by atoms with Crippen molar-refractivity contribution in [2.45, 2.75) is 26.4 Å². The summed E-state index contributed by atoms with van der Waals surface area (Å²) in [4.78, 5) is 23.5. The third-order valence-corrected chi connectivity index (χ3v) is 3.67. The molecule has 0 aromatic heterocycles. The van der Waals surface area contributed by atoms with E-state index in [1.807, 2.05) is 30.3 Å². The zero-order chi connectivity index (χ0) is 15.9. The summed E-state index contributed by atoms with van der Waals surface area (Å²) in [7, 11) is 1.29. The standard InChI is InChI=1S/C17H21NO4/c1-12-8-14(9-12)10-15(16(19)21-2)18-17(20)22-11-13-6-4-3-5-7-13/h3-7,10,12,14H,8-9,11H2,1-2H3,(H,18,20)/t12-,14+. The monoisotopic (exact) mass is 303 g/mol. The quantitative estimate of drug-likeness (QED) is 0.671. The van der Waals surface area contributed by atoms with Crippen LogP contribution in [0.5, 0.6) is 0 Å². The van der Waals surface area contributed by atoms with Gasteiger partial charge in [-0.3, -0.25) is 5.32 Å². The first-order valence-corrected chi connectivity index (χ1v) is 7.36. The summed E-state index contributed by atoms with van der Waals surface area (Å²) in [5, 5.41) is 2.48. The number of amides is 1. The molecule has 22 heavy (non-hydrogen) atoms. The Kier molecular flexibility index (Phi) is 5.58. The number of allylic oxidation sites excluding steroid dienone is 1. The first kappa shape index (κ1) is 16.1. The zero-order valence-electron chi connectivity index (χ0n) is 12.9. The Hall–Kier alpha value is -2.30. The van der Waals surface area contributed by atoms with Gasteiger partial charge in [0.05, 0.1) is 7.11 Å². The third kappa shape index (κ3) is 4.62. The molecule has 0 radical (unpaired) electrons. The molecule has 1 saturated carbocycles. The number of alkyl carbamates (subject to hydrolysis) is 1. The molecule has 0 heterocycles. The van der Waals surface area contributed by atoms with Gasteiger partial charge in [0.25, 0.3) is 0 Å². The Balaban J connectivity index is 1.89. The van der Waals surface area contributed by atoms with E-state index in [2.05, 4.69) is 12.2 Å². The van der Waals surface area contributed by atoms with Crippen molar-refractivity contribution in [3.05, 3.63) is 47.7 Å². The number of esters is 1. The summed E-state index contributed by atoms with van der Waals surface area (Å²) in [5.41, 5.74) is 1.03. The second-order valence-corrected chi connectivity index (χ2v) is 5.60. The van der Waals surface area contributed by atoms with E-state index < -0.39 is 12.1 Å². The summed E-state index contributed by atoms with van der Waals surface area (Å²) in [6, 6.07) is 9.35. The molecule has 0 spiro atoms. The number of hydrogen-bond donors (Lipinski definition) is 1. The predicted molar refractivity (Wildman–Crippen MR) is 81.7 cm³/mol. The largest absolute Gasteiger partial charge is 0.464 e. The van der Waals surface area contributed by atoms with Gasteiger partial charge >= 0.3 is 12.1 Å². The highest BCUT2D eigenvalue weighted by Gasteiger charge is 2.26. The van der Waals surface area contributed by atoms with Gasteiger partial charge in [0.2, 0.25) is 0 Å². The molecule has 5 heteroatoms. The molecule has 0 unspecified atom stereocenters. The van der Waals surface area contributed by atoms with Crippen molar-refractivity contribution in [2.75, 3.05) is 7.11 Å². The summed E-state index contributed by atoms with van der Waals surface area (Å²) in [6.45, 7) is 2.31. The summed E-state index contributed by atoms with van der Waals surface area (Å²) >= 11 is 0. The van der Waals surface area contributed by atoms with Crippen LogP contribution in [0, 0.1) is 11.8 Å². The lowest BCUT2D eigenvalue weighted by atomic mass is 9.76. The molecule has 1 aliphatic carbocycles. The fourth-order valence-electron chi connectivity index (χ4n) is 2.48. The maximum atomic E-state index is 11.8. The van der Waals surface area contributed by atoms with E-state index in [0.717, 1.165) is 18.4 Å². The number of methoxy groups -OCH3 is 1. The average molecular weight is 303 g/mol. The normalized spacial score (nSPS) is 20.7. The maximum Gasteiger partial charge on any atom is 0.412 e. The molecule has 1 aliphatic rings. The lowest BCUT2D eigenvalue weighted by Crippen LogP contribution is -2.30. The highest BCUT2D eigenvalue weighted by atomic mass is 16.6. The molecule has 1 amide bonds. The smallest absolute Gasteiger partial charge is 0.412 e. The highest BCUT2D eigenvalue weighted by molar-refractivity contribution is 5.92. The van der Waals surface area contributed by atoms with Gasteiger partial charge in [0, 0.05) is 0 Å². The van der Waals surface area contributed by atoms with E-state index in [1.54, 1.807) is 6.08 Å². The molecular formula is C17H21NO4. The molecule has 1 fully saturated rings. The van der Waals surface area contributed by atoms with Crippen molar-refractivity contribution in [1.82, 2.24) is 5.32 Å². The van der Waals surface area contributed by atoms with Crippen LogP contribution in [0.2, 0.25) is 0 Å². The number of ether oxygens (including phenoxy) is 2. The number of carbonyl (C=O) groups is 2. The first-order valence-electron chi connectivity index (χ1n) is 7.36. The van der Waals surface area contributed by atoms with Gasteiger partial charge in [0.1, 0.15) is 12.3 Å². The SMILES string of the molecule is COC(=O)C(=C[C@H]1C[C@@H](C)C1)NC(=O)OCc1ccccc1. The molecule has 2 rings (SSSR count). The number of hydrogen-bond acceptors (Lipinski definition) is 4. The summed E-state index contributed by atoms with van der Waals surface area (Å²) in [6.07, 6.45) is 3.13. The Bertz CT molecular complexity index is 547. The van der Waals surface area contributed by atoms with Crippen LogP contribution in [0.4, 0.5) is 4.79 Å². The van der Waals surface area contributed by atoms with Crippen LogP contribution < -0.4 is 5.32 Å². The lowest BCUT2D eigenvalue weighted by molar-refractivity contribution is -0.136. The number of benzene rings is 1. The molecule has 0 aliphatic heterocycles. The average Bonchev–Trinajstić information content (AvgIpc) is 2.50. The zero-order valence-corrected chi connectivity index (χ0v) is 12.9. The van der Waals surface area contributed by atoms with Crippen molar-refractivity contribution in [3.8, 4) is 0 Å². The van der Waals surface area contributed by atoms with Gasteiger partial charge in [-0.1, -0.05) is 43.3 Å². The first-order chi connectivity index (χ1) is 10.6. The van der Waals surface area contributed by atoms with Crippen molar-refractivity contribution in [3.63, 3.8) is 0 Å². The van der Waals surface area contributed by atoms with E-state index in [9.17, 15) is 9.59 Å². The van der Waals surface area contributed by atoms with Crippen LogP contribution in [0.1, 0.15) is 25.3 Å². The molecule has 0 bridgehead atoms. The number of rotatable bonds is 5. The second-order valence-electron chi connectivity index (χ2n) is 5.60. The Morgan fingerprint density at radius 3 is 2.55 bits per heavy atom. The lowest BCUT2D eigenvalue weighted by Gasteiger charge is -2.30. The van der Waals surface area contributed by atoms with Gasteiger partial charge in [-0.2, -0.15) is 0 Å². The van der Waals surface area contributed by atoms with Crippen LogP contribution in [-0.2, 0) is 20.9 Å². The van der Waals surface area contributed by atoms with Gasteiger partial charge in [-0.05, 0) is 30.2 Å². The van der Waals surface area contributed by atoms with Gasteiger partial charge < -0.3 is 9.47 Å². The second kappa shape index (κ2) is 7.64. The van der Waals surface area contributed by atoms with Crippen LogP contribution >= 0.6 is 0 Å². The summed E-state index contributed by atoms with van der Waals surface area (Å²) < 4.78 is 9.80. The predicted octanol–water partition coefficient (Wildman–Crippen LogP) is 3.02. The van der Waals surface area contributed by atoms with Crippen LogP contribution in [-0.4, -0.2) is 19.2 Å². The van der Waals surface area contributed by atoms with Crippen LogP contribution in [0.25, 0.3) is 0 Å². The maximum absolute atomic E-state index is 11.8. The molecule has 5 nitrogen and oxygen atoms in total. The summed E-state index contributed by atoms with van der Waals surface area (Å²) in [5.74, 6) is 0.403. The van der Waals surface area contributed by atoms with Crippen LogP contribution in [0.15, 0.2) is 42.1 Å². The number of nitrogens with one attached hydrogen (secondary N) is 1. The van der Waals surface area contributed by atoms with E-state index in [0.29, 0.717) is 11.8 Å². The topological polar surface area (TPSA) is 64.6 Å². The van der Waals surface area contributed by atoms with Crippen molar-refractivity contribution in [1.29, 1.82) is 0 Å². The Morgan fingerprint density at radius 1 is 1.27 bits per heavy atom. The fraction of sp³-hybridized carbons (Fsp3) is 0.412. The van der Waals surface area contributed by atoms with Gasteiger partial charge in [-0.15, -0.1) is 0 Å². The number of carbonyl (C=O) groups excluding carboxylic acids is 2. The van der Waals surface area contributed by atoms with Crippen LogP contribution in [0.3, 0.4) is 0 Å². The molecular weight excluding hydrogens is 282 g/mol. The van der Waals surface area contributed by atoms with E-state index in [-0.39, 0.29) is 12.3 Å². The molecule has 0 atom stereocenters. The van der Waals surface area contributed by atoms with Gasteiger partial charge in [-0.25, -0.2) is 9.59 Å². The molecule has 1 aromatic carbocycles. The van der Waals surface area contributed by atoms with E-state index in [1.165, 1.54) is 7.11 Å². The van der Waals surface area contributed by atoms with E-state index >= 15 is 0 Å². The molecule has 0 saturated heterocycles. The highest BCUT2D eigenvalue weighted by Crippen LogP contribution is 2.34. The fourth-order valence-corrected chi connectivity index (χ4v) is 2.48. The van der Waals surface area contributed by atoms with Crippen molar-refractivity contribution in [2.24, 2.45) is 11.8 Å². The minimum Gasteiger partial charge on any atom is -0.464 e. The molecule has 1 N–H and O–H groups in total. The Labute approximate surface area is 130 Å². The molecule has 118 valence electrons. The minimum absolute atomic E-state index is 0.150. The minimum atomic E-state index is -0.659. The van der Waals surface area contributed by atoms with Gasteiger partial charge in [0.15, 0.2) is 0 Å². The third-order valence-electron chi connectivity index (χ3n) is 3.67.